The molecule has 1 saturated heterocycles. The van der Waals surface area contributed by atoms with Crippen molar-refractivity contribution in [3.8, 4) is 22.5 Å². The summed E-state index contributed by atoms with van der Waals surface area (Å²) in [6, 6.07) is 16.9. The van der Waals surface area contributed by atoms with E-state index in [0.717, 1.165) is 5.69 Å². The van der Waals surface area contributed by atoms with Gasteiger partial charge < -0.3 is 25.5 Å². The van der Waals surface area contributed by atoms with Crippen LogP contribution in [0.4, 0.5) is 16.0 Å². The van der Waals surface area contributed by atoms with E-state index in [1.165, 1.54) is 18.3 Å². The summed E-state index contributed by atoms with van der Waals surface area (Å²) in [4.78, 5) is 34.6. The van der Waals surface area contributed by atoms with Gasteiger partial charge in [-0.1, -0.05) is 32.0 Å². The number of esters is 1. The number of ether oxygens (including phenoxy) is 1. The number of cyclic esters (lactones) is 1. The summed E-state index contributed by atoms with van der Waals surface area (Å²) in [7, 11) is 0. The Labute approximate surface area is 237 Å². The Balaban J connectivity index is 1.73. The molecule has 1 amide bonds. The number of hydrogen-bond acceptors (Lipinski definition) is 7. The number of nitrogens with one attached hydrogen (secondary N) is 1. The second kappa shape index (κ2) is 11.9. The van der Waals surface area contributed by atoms with Crippen molar-refractivity contribution < 1.29 is 23.8 Å². The SMILES string of the molecule is CC(C)c1c(C(=O)Nc2ccccc2)c(-c2ccnc(N)n2)c(-c2ccc(F)cc2)n1CC[C@H]1C[C@@H](O)CC(=O)O1. The minimum Gasteiger partial charge on any atom is -0.462 e. The van der Waals surface area contributed by atoms with E-state index in [1.807, 2.05) is 36.6 Å². The van der Waals surface area contributed by atoms with Crippen molar-refractivity contribution in [1.29, 1.82) is 0 Å². The molecule has 1 aliphatic heterocycles. The average Bonchev–Trinajstić information content (AvgIpc) is 3.28. The van der Waals surface area contributed by atoms with Crippen molar-refractivity contribution in [3.05, 3.63) is 83.9 Å². The Morgan fingerprint density at radius 1 is 1.17 bits per heavy atom. The van der Waals surface area contributed by atoms with E-state index in [-0.39, 0.29) is 24.2 Å². The topological polar surface area (TPSA) is 132 Å². The highest BCUT2D eigenvalue weighted by Gasteiger charge is 2.33. The molecule has 41 heavy (non-hydrogen) atoms. The van der Waals surface area contributed by atoms with Crippen LogP contribution < -0.4 is 11.1 Å². The lowest BCUT2D eigenvalue weighted by atomic mass is 9.97. The molecule has 5 rings (SSSR count). The minimum absolute atomic E-state index is 0.0266. The largest absolute Gasteiger partial charge is 0.462 e. The molecule has 1 aliphatic rings. The number of benzene rings is 2. The van der Waals surface area contributed by atoms with E-state index in [0.29, 0.717) is 53.2 Å². The van der Waals surface area contributed by atoms with Gasteiger partial charge in [0, 0.05) is 42.5 Å². The first-order valence-corrected chi connectivity index (χ1v) is 13.6. The summed E-state index contributed by atoms with van der Waals surface area (Å²) >= 11 is 0. The number of hydrogen-bond donors (Lipinski definition) is 3. The molecule has 0 aliphatic carbocycles. The Bertz CT molecular complexity index is 1550. The van der Waals surface area contributed by atoms with Crippen LogP contribution in [0.5, 0.6) is 0 Å². The predicted octanol–water partition coefficient (Wildman–Crippen LogP) is 5.17. The first kappa shape index (κ1) is 28.0. The van der Waals surface area contributed by atoms with Crippen molar-refractivity contribution in [1.82, 2.24) is 14.5 Å². The third-order valence-corrected chi connectivity index (χ3v) is 7.07. The first-order valence-electron chi connectivity index (χ1n) is 13.6. The first-order chi connectivity index (χ1) is 19.7. The molecule has 10 heteroatoms. The lowest BCUT2D eigenvalue weighted by Gasteiger charge is -2.27. The molecule has 0 saturated carbocycles. The quantitative estimate of drug-likeness (QED) is 0.255. The molecule has 2 aromatic heterocycles. The van der Waals surface area contributed by atoms with Crippen LogP contribution in [0.15, 0.2) is 66.9 Å². The Hall–Kier alpha value is -4.57. The minimum atomic E-state index is -0.765. The Kier molecular flexibility index (Phi) is 8.11. The normalized spacial score (nSPS) is 17.0. The summed E-state index contributed by atoms with van der Waals surface area (Å²) in [5.74, 6) is -1.26. The Morgan fingerprint density at radius 3 is 2.56 bits per heavy atom. The van der Waals surface area contributed by atoms with Crippen LogP contribution in [0.2, 0.25) is 0 Å². The lowest BCUT2D eigenvalue weighted by Crippen LogP contribution is -2.33. The zero-order chi connectivity index (χ0) is 29.1. The average molecular weight is 558 g/mol. The number of halogens is 1. The molecule has 0 unspecified atom stereocenters. The number of rotatable bonds is 8. The van der Waals surface area contributed by atoms with E-state index < -0.39 is 24.0 Å². The van der Waals surface area contributed by atoms with Crippen LogP contribution >= 0.6 is 0 Å². The van der Waals surface area contributed by atoms with Gasteiger partial charge in [0.15, 0.2) is 0 Å². The fourth-order valence-electron chi connectivity index (χ4n) is 5.40. The monoisotopic (exact) mass is 557 g/mol. The summed E-state index contributed by atoms with van der Waals surface area (Å²) < 4.78 is 21.6. The number of carbonyl (C=O) groups is 2. The van der Waals surface area contributed by atoms with Gasteiger partial charge in [-0.05, 0) is 53.9 Å². The maximum atomic E-state index is 14.1. The number of para-hydroxylation sites is 1. The highest BCUT2D eigenvalue weighted by Crippen LogP contribution is 2.42. The molecule has 0 radical (unpaired) electrons. The van der Waals surface area contributed by atoms with Crippen molar-refractivity contribution in [2.24, 2.45) is 0 Å². The maximum Gasteiger partial charge on any atom is 0.308 e. The second-order valence-corrected chi connectivity index (χ2v) is 10.4. The van der Waals surface area contributed by atoms with E-state index in [9.17, 15) is 19.1 Å². The third kappa shape index (κ3) is 6.12. The zero-order valence-electron chi connectivity index (χ0n) is 22.9. The number of carbonyl (C=O) groups excluding carboxylic acids is 2. The second-order valence-electron chi connectivity index (χ2n) is 10.4. The number of nitrogen functional groups attached to an aromatic ring is 1. The van der Waals surface area contributed by atoms with Gasteiger partial charge in [0.1, 0.15) is 11.9 Å². The number of amides is 1. The van der Waals surface area contributed by atoms with Gasteiger partial charge in [0.05, 0.1) is 29.5 Å². The molecule has 4 N–H and O–H groups in total. The highest BCUT2D eigenvalue weighted by atomic mass is 19.1. The van der Waals surface area contributed by atoms with Gasteiger partial charge >= 0.3 is 5.97 Å². The summed E-state index contributed by atoms with van der Waals surface area (Å²) in [5, 5.41) is 13.2. The number of aliphatic hydroxyl groups is 1. The van der Waals surface area contributed by atoms with Gasteiger partial charge in [-0.2, -0.15) is 0 Å². The number of anilines is 2. The highest BCUT2D eigenvalue weighted by molar-refractivity contribution is 6.12. The van der Waals surface area contributed by atoms with Crippen LogP contribution in [0.1, 0.15) is 55.1 Å². The van der Waals surface area contributed by atoms with E-state index in [4.69, 9.17) is 10.5 Å². The lowest BCUT2D eigenvalue weighted by molar-refractivity contribution is -0.160. The van der Waals surface area contributed by atoms with Crippen molar-refractivity contribution >= 4 is 23.5 Å². The van der Waals surface area contributed by atoms with Crippen LogP contribution in [-0.4, -0.2) is 43.7 Å². The Morgan fingerprint density at radius 2 is 1.90 bits per heavy atom. The van der Waals surface area contributed by atoms with Crippen molar-refractivity contribution in [3.63, 3.8) is 0 Å². The summed E-state index contributed by atoms with van der Waals surface area (Å²) in [5.41, 5.74) is 10.0. The van der Waals surface area contributed by atoms with Gasteiger partial charge in [0.25, 0.3) is 5.91 Å². The van der Waals surface area contributed by atoms with Crippen LogP contribution in [-0.2, 0) is 16.1 Å². The van der Waals surface area contributed by atoms with Gasteiger partial charge in [-0.15, -0.1) is 0 Å². The number of nitrogens with zero attached hydrogens (tertiary/aromatic N) is 3. The fourth-order valence-corrected chi connectivity index (χ4v) is 5.40. The van der Waals surface area contributed by atoms with E-state index in [1.54, 1.807) is 30.3 Å². The molecule has 2 atom stereocenters. The molecule has 0 spiro atoms. The molecule has 2 aromatic carbocycles. The van der Waals surface area contributed by atoms with Crippen LogP contribution in [0.3, 0.4) is 0 Å². The van der Waals surface area contributed by atoms with Crippen LogP contribution in [0.25, 0.3) is 22.5 Å². The third-order valence-electron chi connectivity index (χ3n) is 7.07. The van der Waals surface area contributed by atoms with Gasteiger partial charge in [-0.3, -0.25) is 9.59 Å². The summed E-state index contributed by atoms with van der Waals surface area (Å²) in [6.07, 6.45) is 0.970. The van der Waals surface area contributed by atoms with Gasteiger partial charge in [-0.25, -0.2) is 14.4 Å². The predicted molar refractivity (Wildman–Crippen MR) is 153 cm³/mol. The standard InChI is InChI=1S/C31H32FN5O4/c1-18(2)28-27(30(40)35-21-6-4-3-5-7-21)26(24-12-14-34-31(33)36-24)29(19-8-10-20(32)11-9-19)37(28)15-13-23-16-22(38)17-25(39)41-23/h3-12,14,18,22-23,38H,13,15-17H2,1-2H3,(H,35,40)(H2,33,34,36)/t22-,23+/m1/s1. The molecule has 9 nitrogen and oxygen atoms in total. The molecular formula is C31H32FN5O4. The smallest absolute Gasteiger partial charge is 0.308 e. The zero-order valence-corrected chi connectivity index (χ0v) is 22.9. The molecule has 212 valence electrons. The maximum absolute atomic E-state index is 14.1. The number of aromatic nitrogens is 3. The summed E-state index contributed by atoms with van der Waals surface area (Å²) in [6.45, 7) is 4.33. The van der Waals surface area contributed by atoms with E-state index in [2.05, 4.69) is 15.3 Å². The molecular weight excluding hydrogens is 525 g/mol. The van der Waals surface area contributed by atoms with Crippen molar-refractivity contribution in [2.75, 3.05) is 11.1 Å². The molecule has 4 aromatic rings. The number of nitrogens with two attached hydrogens (primary N) is 1. The molecule has 0 bridgehead atoms. The van der Waals surface area contributed by atoms with Gasteiger partial charge in [0.2, 0.25) is 5.95 Å². The molecule has 1 fully saturated rings. The fraction of sp³-hybridized carbons (Fsp3) is 0.290. The molecule has 3 heterocycles. The van der Waals surface area contributed by atoms with Crippen LogP contribution in [0, 0.1) is 5.82 Å². The van der Waals surface area contributed by atoms with E-state index >= 15 is 0 Å². The number of aliphatic hydroxyl groups excluding tert-OH is 1. The van der Waals surface area contributed by atoms with Crippen molar-refractivity contribution in [2.45, 2.75) is 57.8 Å².